The number of cyclic esters (lactones) is 1. The number of esters is 1. The highest BCUT2D eigenvalue weighted by Gasteiger charge is 2.34. The minimum atomic E-state index is -0.597. The first-order chi connectivity index (χ1) is 9.75. The van der Waals surface area contributed by atoms with Crippen molar-refractivity contribution in [3.05, 3.63) is 77.5 Å². The average Bonchev–Trinajstić information content (AvgIpc) is 2.75. The van der Waals surface area contributed by atoms with E-state index < -0.39 is 12.1 Å². The maximum absolute atomic E-state index is 11.9. The molecule has 1 aliphatic rings. The van der Waals surface area contributed by atoms with Gasteiger partial charge in [0.25, 0.3) is 0 Å². The number of carbonyl (C=O) groups is 1. The van der Waals surface area contributed by atoms with E-state index in [2.05, 4.69) is 0 Å². The molecule has 3 nitrogen and oxygen atoms in total. The molecule has 20 heavy (non-hydrogen) atoms. The highest BCUT2D eigenvalue weighted by molar-refractivity contribution is 6.19. The van der Waals surface area contributed by atoms with E-state index in [1.54, 1.807) is 12.1 Å². The van der Waals surface area contributed by atoms with Crippen molar-refractivity contribution in [3.63, 3.8) is 0 Å². The van der Waals surface area contributed by atoms with Crippen molar-refractivity contribution in [2.45, 2.75) is 12.5 Å². The Bertz CT molecular complexity index is 644. The third-order valence-corrected chi connectivity index (χ3v) is 3.34. The summed E-state index contributed by atoms with van der Waals surface area (Å²) in [5, 5.41) is 10.3. The minimum absolute atomic E-state index is 0.0186. The highest BCUT2D eigenvalue weighted by Crippen LogP contribution is 2.30. The zero-order chi connectivity index (χ0) is 13.9. The normalized spacial score (nSPS) is 18.2. The number of aliphatic hydroxyl groups excluding tert-OH is 1. The van der Waals surface area contributed by atoms with Crippen molar-refractivity contribution in [2.75, 3.05) is 0 Å². The van der Waals surface area contributed by atoms with Gasteiger partial charge in [0.2, 0.25) is 0 Å². The molecule has 0 amide bonds. The van der Waals surface area contributed by atoms with E-state index in [1.165, 1.54) is 0 Å². The van der Waals surface area contributed by atoms with Crippen LogP contribution in [0.2, 0.25) is 0 Å². The van der Waals surface area contributed by atoms with E-state index in [0.717, 1.165) is 5.56 Å². The van der Waals surface area contributed by atoms with Crippen molar-refractivity contribution in [1.82, 2.24) is 0 Å². The van der Waals surface area contributed by atoms with Crippen LogP contribution in [-0.4, -0.2) is 17.2 Å². The largest absolute Gasteiger partial charge is 0.507 e. The van der Waals surface area contributed by atoms with Crippen LogP contribution in [0.3, 0.4) is 0 Å². The van der Waals surface area contributed by atoms with Crippen molar-refractivity contribution >= 4 is 11.5 Å². The van der Waals surface area contributed by atoms with Crippen molar-refractivity contribution in [3.8, 4) is 0 Å². The number of aliphatic hydroxyl groups is 1. The molecule has 3 rings (SSSR count). The van der Waals surface area contributed by atoms with Crippen molar-refractivity contribution in [2.24, 2.45) is 0 Å². The average molecular weight is 266 g/mol. The summed E-state index contributed by atoms with van der Waals surface area (Å²) in [4.78, 5) is 11.9. The molecule has 1 N–H and O–H groups in total. The van der Waals surface area contributed by atoms with Gasteiger partial charge in [-0.2, -0.15) is 0 Å². The molecular formula is C17H14O3. The minimum Gasteiger partial charge on any atom is -0.507 e. The molecule has 0 radical (unpaired) electrons. The van der Waals surface area contributed by atoms with Crippen LogP contribution in [-0.2, 0) is 16.0 Å². The second-order valence-corrected chi connectivity index (χ2v) is 4.71. The first kappa shape index (κ1) is 12.5. The summed E-state index contributed by atoms with van der Waals surface area (Å²) in [5.74, 6) is -0.445. The number of rotatable bonds is 3. The summed E-state index contributed by atoms with van der Waals surface area (Å²) in [7, 11) is 0. The van der Waals surface area contributed by atoms with Gasteiger partial charge in [-0.1, -0.05) is 60.7 Å². The summed E-state index contributed by atoms with van der Waals surface area (Å²) in [6, 6.07) is 18.8. The predicted octanol–water partition coefficient (Wildman–Crippen LogP) is 3.12. The molecule has 100 valence electrons. The molecule has 3 heteroatoms. The summed E-state index contributed by atoms with van der Waals surface area (Å²) < 4.78 is 5.28. The summed E-state index contributed by atoms with van der Waals surface area (Å²) in [5.41, 5.74) is 1.98. The lowest BCUT2D eigenvalue weighted by atomic mass is 10.0. The fraction of sp³-hybridized carbons (Fsp3) is 0.118. The summed E-state index contributed by atoms with van der Waals surface area (Å²) in [6.07, 6.45) is -0.116. The summed E-state index contributed by atoms with van der Waals surface area (Å²) in [6.45, 7) is 0. The lowest BCUT2D eigenvalue weighted by Crippen LogP contribution is -2.14. The van der Waals surface area contributed by atoms with Gasteiger partial charge in [-0.3, -0.25) is 0 Å². The molecule has 1 aliphatic heterocycles. The first-order valence-electron chi connectivity index (χ1n) is 6.49. The lowest BCUT2D eigenvalue weighted by molar-refractivity contribution is -0.138. The number of carbonyl (C=O) groups excluding carboxylic acids is 1. The van der Waals surface area contributed by atoms with E-state index in [-0.39, 0.29) is 11.3 Å². The van der Waals surface area contributed by atoms with Crippen LogP contribution in [0.1, 0.15) is 11.1 Å². The molecule has 0 aliphatic carbocycles. The Morgan fingerprint density at radius 3 is 2.20 bits per heavy atom. The van der Waals surface area contributed by atoms with E-state index in [0.29, 0.717) is 12.0 Å². The topological polar surface area (TPSA) is 46.5 Å². The molecule has 0 fully saturated rings. The number of benzene rings is 2. The molecule has 0 aromatic heterocycles. The maximum atomic E-state index is 11.9. The van der Waals surface area contributed by atoms with Gasteiger partial charge < -0.3 is 9.84 Å². The van der Waals surface area contributed by atoms with E-state index in [4.69, 9.17) is 4.74 Å². The van der Waals surface area contributed by atoms with Crippen LogP contribution < -0.4 is 0 Å². The van der Waals surface area contributed by atoms with Gasteiger partial charge in [0.1, 0.15) is 11.3 Å². The molecule has 1 heterocycles. The Kier molecular flexibility index (Phi) is 3.25. The van der Waals surface area contributed by atoms with E-state index in [1.807, 2.05) is 48.5 Å². The van der Waals surface area contributed by atoms with E-state index >= 15 is 0 Å². The van der Waals surface area contributed by atoms with Crippen molar-refractivity contribution in [1.29, 1.82) is 0 Å². The van der Waals surface area contributed by atoms with Gasteiger partial charge in [0, 0.05) is 6.42 Å². The fourth-order valence-corrected chi connectivity index (χ4v) is 2.35. The lowest BCUT2D eigenvalue weighted by Gasteiger charge is -2.09. The van der Waals surface area contributed by atoms with Crippen LogP contribution >= 0.6 is 0 Å². The van der Waals surface area contributed by atoms with Gasteiger partial charge in [0.15, 0.2) is 6.10 Å². The van der Waals surface area contributed by atoms with Crippen LogP contribution in [0.15, 0.2) is 66.4 Å². The van der Waals surface area contributed by atoms with Crippen molar-refractivity contribution < 1.29 is 14.6 Å². The Labute approximate surface area is 117 Å². The third-order valence-electron chi connectivity index (χ3n) is 3.34. The van der Waals surface area contributed by atoms with Crippen LogP contribution in [0.5, 0.6) is 0 Å². The third kappa shape index (κ3) is 2.30. The van der Waals surface area contributed by atoms with Crippen LogP contribution in [0.4, 0.5) is 0 Å². The number of ether oxygens (including phenoxy) is 1. The predicted molar refractivity (Wildman–Crippen MR) is 76.0 cm³/mol. The van der Waals surface area contributed by atoms with Gasteiger partial charge in [-0.25, -0.2) is 4.79 Å². The Balaban J connectivity index is 1.89. The van der Waals surface area contributed by atoms with Gasteiger partial charge >= 0.3 is 5.97 Å². The number of hydrogen-bond donors (Lipinski definition) is 1. The van der Waals surface area contributed by atoms with Gasteiger partial charge in [-0.05, 0) is 11.1 Å². The molecule has 0 saturated carbocycles. The zero-order valence-corrected chi connectivity index (χ0v) is 10.8. The van der Waals surface area contributed by atoms with Gasteiger partial charge in [0.05, 0.1) is 0 Å². The number of hydrogen-bond acceptors (Lipinski definition) is 3. The van der Waals surface area contributed by atoms with E-state index in [9.17, 15) is 9.90 Å². The molecule has 2 aromatic carbocycles. The van der Waals surface area contributed by atoms with Crippen LogP contribution in [0.25, 0.3) is 5.57 Å². The monoisotopic (exact) mass is 266 g/mol. The quantitative estimate of drug-likeness (QED) is 0.868. The first-order valence-corrected chi connectivity index (χ1v) is 6.49. The van der Waals surface area contributed by atoms with Gasteiger partial charge in [-0.15, -0.1) is 0 Å². The second-order valence-electron chi connectivity index (χ2n) is 4.71. The standard InChI is InChI=1S/C17H14O3/c18-16-14(11-12-7-3-1-4-8-12)20-17(19)15(16)13-9-5-2-6-10-13/h1-10,14,18H,11H2/t14-/m0/s1. The maximum Gasteiger partial charge on any atom is 0.343 e. The molecular weight excluding hydrogens is 252 g/mol. The molecule has 2 aromatic rings. The Hall–Kier alpha value is -2.55. The Morgan fingerprint density at radius 1 is 0.950 bits per heavy atom. The highest BCUT2D eigenvalue weighted by atomic mass is 16.6. The molecule has 0 unspecified atom stereocenters. The molecule has 1 atom stereocenters. The smallest absolute Gasteiger partial charge is 0.343 e. The molecule has 0 spiro atoms. The zero-order valence-electron chi connectivity index (χ0n) is 10.8. The molecule has 0 bridgehead atoms. The second kappa shape index (κ2) is 5.21. The molecule has 0 saturated heterocycles. The SMILES string of the molecule is O=C1O[C@@H](Cc2ccccc2)C(O)=C1c1ccccc1. The fourth-order valence-electron chi connectivity index (χ4n) is 2.35. The van der Waals surface area contributed by atoms with Crippen LogP contribution in [0, 0.1) is 0 Å². The summed E-state index contributed by atoms with van der Waals surface area (Å²) >= 11 is 0. The Morgan fingerprint density at radius 2 is 1.55 bits per heavy atom.